The molecule has 0 saturated carbocycles. The van der Waals surface area contributed by atoms with Crippen molar-refractivity contribution in [3.05, 3.63) is 17.3 Å². The van der Waals surface area contributed by atoms with Crippen LogP contribution in [-0.2, 0) is 5.54 Å². The topological polar surface area (TPSA) is 43.6 Å². The van der Waals surface area contributed by atoms with Crippen molar-refractivity contribution in [1.82, 2.24) is 19.5 Å². The van der Waals surface area contributed by atoms with Crippen LogP contribution in [0, 0.1) is 6.92 Å². The minimum Gasteiger partial charge on any atom is -0.310 e. The first-order chi connectivity index (χ1) is 6.89. The van der Waals surface area contributed by atoms with E-state index in [9.17, 15) is 0 Å². The molecule has 0 amide bonds. The van der Waals surface area contributed by atoms with Gasteiger partial charge in [0.1, 0.15) is 11.3 Å². The van der Waals surface area contributed by atoms with Gasteiger partial charge in [-0.1, -0.05) is 11.6 Å². The van der Waals surface area contributed by atoms with Crippen molar-refractivity contribution in [2.24, 2.45) is 0 Å². The van der Waals surface area contributed by atoms with Gasteiger partial charge in [0.15, 0.2) is 10.8 Å². The van der Waals surface area contributed by atoms with E-state index >= 15 is 0 Å². The van der Waals surface area contributed by atoms with Gasteiger partial charge in [0.25, 0.3) is 0 Å². The van der Waals surface area contributed by atoms with E-state index in [2.05, 4.69) is 35.7 Å². The Hall–Kier alpha value is -1.16. The van der Waals surface area contributed by atoms with Crippen LogP contribution in [-0.4, -0.2) is 19.5 Å². The minimum atomic E-state index is -0.0567. The van der Waals surface area contributed by atoms with Gasteiger partial charge in [-0.15, -0.1) is 0 Å². The van der Waals surface area contributed by atoms with Crippen molar-refractivity contribution in [3.8, 4) is 0 Å². The van der Waals surface area contributed by atoms with E-state index in [0.29, 0.717) is 16.5 Å². The van der Waals surface area contributed by atoms with Gasteiger partial charge in [0.05, 0.1) is 6.33 Å². The maximum absolute atomic E-state index is 6.00. The predicted octanol–water partition coefficient (Wildman–Crippen LogP) is 2.54. The summed E-state index contributed by atoms with van der Waals surface area (Å²) in [5.41, 5.74) is 1.40. The molecule has 0 unspecified atom stereocenters. The van der Waals surface area contributed by atoms with E-state index in [1.807, 2.05) is 11.5 Å². The van der Waals surface area contributed by atoms with Gasteiger partial charge in [-0.25, -0.2) is 15.0 Å². The molecule has 5 heteroatoms. The number of aromatic nitrogens is 4. The Bertz CT molecular complexity index is 510. The van der Waals surface area contributed by atoms with Crippen LogP contribution >= 0.6 is 11.6 Å². The van der Waals surface area contributed by atoms with Gasteiger partial charge in [-0.05, 0) is 27.7 Å². The summed E-state index contributed by atoms with van der Waals surface area (Å²) in [4.78, 5) is 12.7. The number of rotatable bonds is 0. The third kappa shape index (κ3) is 1.69. The second-order valence-electron chi connectivity index (χ2n) is 4.52. The molecular weight excluding hydrogens is 212 g/mol. The quantitative estimate of drug-likeness (QED) is 0.646. The normalized spacial score (nSPS) is 12.3. The molecule has 0 bridgehead atoms. The van der Waals surface area contributed by atoms with E-state index in [-0.39, 0.29) is 5.54 Å². The highest BCUT2D eigenvalue weighted by atomic mass is 35.5. The summed E-state index contributed by atoms with van der Waals surface area (Å²) in [6.45, 7) is 8.11. The Morgan fingerprint density at radius 2 is 1.93 bits per heavy atom. The van der Waals surface area contributed by atoms with Crippen molar-refractivity contribution in [2.75, 3.05) is 0 Å². The van der Waals surface area contributed by atoms with Gasteiger partial charge in [0, 0.05) is 5.54 Å². The van der Waals surface area contributed by atoms with E-state index < -0.39 is 0 Å². The lowest BCUT2D eigenvalue weighted by Gasteiger charge is -2.20. The number of imidazole rings is 1. The smallest absolute Gasteiger partial charge is 0.165 e. The number of nitrogens with zero attached hydrogens (tertiary/aromatic N) is 4. The van der Waals surface area contributed by atoms with Crippen LogP contribution in [0.4, 0.5) is 0 Å². The lowest BCUT2D eigenvalue weighted by atomic mass is 10.1. The van der Waals surface area contributed by atoms with Crippen LogP contribution in [0.15, 0.2) is 6.33 Å². The summed E-state index contributed by atoms with van der Waals surface area (Å²) in [5, 5.41) is 0.417. The van der Waals surface area contributed by atoms with Crippen LogP contribution in [0.2, 0.25) is 5.15 Å². The van der Waals surface area contributed by atoms with Gasteiger partial charge < -0.3 is 4.57 Å². The zero-order valence-electron chi connectivity index (χ0n) is 9.24. The highest BCUT2D eigenvalue weighted by molar-refractivity contribution is 6.33. The number of fused-ring (bicyclic) bond motifs is 1. The van der Waals surface area contributed by atoms with Crippen molar-refractivity contribution < 1.29 is 0 Å². The fraction of sp³-hybridized carbons (Fsp3) is 0.500. The van der Waals surface area contributed by atoms with Crippen molar-refractivity contribution >= 4 is 22.8 Å². The molecule has 0 fully saturated rings. The van der Waals surface area contributed by atoms with Gasteiger partial charge in [-0.3, -0.25) is 0 Å². The van der Waals surface area contributed by atoms with Crippen molar-refractivity contribution in [3.63, 3.8) is 0 Å². The molecule has 0 atom stereocenters. The Labute approximate surface area is 93.3 Å². The summed E-state index contributed by atoms with van der Waals surface area (Å²) in [6, 6.07) is 0. The molecule has 2 aromatic heterocycles. The van der Waals surface area contributed by atoms with Crippen LogP contribution < -0.4 is 0 Å². The monoisotopic (exact) mass is 224 g/mol. The van der Waals surface area contributed by atoms with E-state index in [4.69, 9.17) is 11.6 Å². The minimum absolute atomic E-state index is 0.0567. The van der Waals surface area contributed by atoms with Crippen molar-refractivity contribution in [1.29, 1.82) is 0 Å². The van der Waals surface area contributed by atoms with Gasteiger partial charge in [-0.2, -0.15) is 0 Å². The number of hydrogen-bond donors (Lipinski definition) is 0. The fourth-order valence-electron chi connectivity index (χ4n) is 1.46. The van der Waals surface area contributed by atoms with Crippen LogP contribution in [0.3, 0.4) is 0 Å². The van der Waals surface area contributed by atoms with Crippen LogP contribution in [0.5, 0.6) is 0 Å². The van der Waals surface area contributed by atoms with Crippen LogP contribution in [0.25, 0.3) is 11.2 Å². The van der Waals surface area contributed by atoms with Crippen LogP contribution in [0.1, 0.15) is 26.6 Å². The first-order valence-corrected chi connectivity index (χ1v) is 5.15. The summed E-state index contributed by atoms with van der Waals surface area (Å²) in [6.07, 6.45) is 1.75. The second kappa shape index (κ2) is 3.17. The molecule has 0 spiro atoms. The summed E-state index contributed by atoms with van der Waals surface area (Å²) in [7, 11) is 0. The molecule has 2 rings (SSSR count). The zero-order chi connectivity index (χ0) is 11.2. The number of aryl methyl sites for hydroxylation is 1. The first-order valence-electron chi connectivity index (χ1n) is 4.77. The summed E-state index contributed by atoms with van der Waals surface area (Å²) < 4.78 is 2.00. The fourth-order valence-corrected chi connectivity index (χ4v) is 1.71. The molecule has 0 saturated heterocycles. The predicted molar refractivity (Wildman–Crippen MR) is 60.1 cm³/mol. The maximum atomic E-state index is 6.00. The first kappa shape index (κ1) is 10.4. The highest BCUT2D eigenvalue weighted by Gasteiger charge is 2.18. The Morgan fingerprint density at radius 1 is 1.27 bits per heavy atom. The lowest BCUT2D eigenvalue weighted by Crippen LogP contribution is -2.21. The molecule has 2 aromatic rings. The van der Waals surface area contributed by atoms with Gasteiger partial charge in [0.2, 0.25) is 0 Å². The summed E-state index contributed by atoms with van der Waals surface area (Å²) >= 11 is 6.00. The average molecular weight is 225 g/mol. The molecule has 0 aliphatic heterocycles. The SMILES string of the molecule is Cc1nc(Cl)c2ncn(C(C)(C)C)c2n1. The molecule has 4 nitrogen and oxygen atoms in total. The molecule has 2 heterocycles. The van der Waals surface area contributed by atoms with E-state index in [1.165, 1.54) is 0 Å². The van der Waals surface area contributed by atoms with Gasteiger partial charge >= 0.3 is 0 Å². The largest absolute Gasteiger partial charge is 0.310 e. The number of hydrogen-bond acceptors (Lipinski definition) is 3. The molecular formula is C10H13ClN4. The molecule has 0 aromatic carbocycles. The average Bonchev–Trinajstić information content (AvgIpc) is 2.45. The van der Waals surface area contributed by atoms with Crippen molar-refractivity contribution in [2.45, 2.75) is 33.2 Å². The molecule has 0 aliphatic carbocycles. The highest BCUT2D eigenvalue weighted by Crippen LogP contribution is 2.24. The Morgan fingerprint density at radius 3 is 2.53 bits per heavy atom. The van der Waals surface area contributed by atoms with E-state index in [1.54, 1.807) is 6.33 Å². The maximum Gasteiger partial charge on any atom is 0.165 e. The third-order valence-electron chi connectivity index (χ3n) is 2.19. The molecule has 15 heavy (non-hydrogen) atoms. The molecule has 80 valence electrons. The standard InChI is InChI=1S/C10H13ClN4/c1-6-13-8(11)7-9(14-6)15(5-12-7)10(2,3)4/h5H,1-4H3. The molecule has 0 aliphatic rings. The Kier molecular flexibility index (Phi) is 2.19. The third-order valence-corrected chi connectivity index (χ3v) is 2.45. The zero-order valence-corrected chi connectivity index (χ0v) is 10.0. The number of halogens is 1. The van der Waals surface area contributed by atoms with E-state index in [0.717, 1.165) is 5.65 Å². The Balaban J connectivity index is 2.80. The second-order valence-corrected chi connectivity index (χ2v) is 4.88. The molecule has 0 radical (unpaired) electrons. The lowest BCUT2D eigenvalue weighted by molar-refractivity contribution is 0.406. The molecule has 0 N–H and O–H groups in total. The summed E-state index contributed by atoms with van der Waals surface area (Å²) in [5.74, 6) is 0.665.